The Bertz CT molecular complexity index is 1370. The summed E-state index contributed by atoms with van der Waals surface area (Å²) >= 11 is 0. The molecule has 2 aromatic carbocycles. The molecule has 0 heterocycles. The Labute approximate surface area is 255 Å². The van der Waals surface area contributed by atoms with Gasteiger partial charge in [-0.25, -0.2) is 0 Å². The van der Waals surface area contributed by atoms with Gasteiger partial charge in [0.25, 0.3) is 0 Å². The number of rotatable bonds is 0. The number of hydrogen-bond acceptors (Lipinski definition) is 2. The Balaban J connectivity index is 0.000000137. The van der Waals surface area contributed by atoms with Crippen LogP contribution in [0.4, 0.5) is 0 Å². The Hall–Kier alpha value is -1.93. The predicted molar refractivity (Wildman–Crippen MR) is 172 cm³/mol. The van der Waals surface area contributed by atoms with Crippen LogP contribution in [0.1, 0.15) is 124 Å². The van der Waals surface area contributed by atoms with E-state index in [4.69, 9.17) is 0 Å². The van der Waals surface area contributed by atoms with Gasteiger partial charge in [-0.2, -0.15) is 0 Å². The monoisotopic (exact) mass is 566 g/mol. The van der Waals surface area contributed by atoms with Crippen molar-refractivity contribution in [2.75, 3.05) is 0 Å². The summed E-state index contributed by atoms with van der Waals surface area (Å²) < 4.78 is 0. The molecule has 6 aliphatic carbocycles. The molecule has 42 heavy (non-hydrogen) atoms. The largest absolute Gasteiger partial charge is 0.392 e. The van der Waals surface area contributed by atoms with Gasteiger partial charge in [-0.15, -0.1) is 0 Å². The minimum atomic E-state index is -0.140. The molecule has 11 atom stereocenters. The van der Waals surface area contributed by atoms with Crippen LogP contribution >= 0.6 is 0 Å². The molecule has 0 aromatic heterocycles. The summed E-state index contributed by atoms with van der Waals surface area (Å²) in [7, 11) is 0. The molecule has 4 saturated carbocycles. The molecule has 2 nitrogen and oxygen atoms in total. The van der Waals surface area contributed by atoms with E-state index >= 15 is 0 Å². The summed E-state index contributed by atoms with van der Waals surface area (Å²) in [5, 5.41) is 11.0. The fourth-order valence-corrected chi connectivity index (χ4v) is 11.8. The fraction of sp³-hybridized carbons (Fsp3) is 0.675. The zero-order valence-electron chi connectivity index (χ0n) is 27.1. The van der Waals surface area contributed by atoms with E-state index in [-0.39, 0.29) is 17.4 Å². The van der Waals surface area contributed by atoms with Crippen LogP contribution in [0.15, 0.2) is 36.4 Å². The van der Waals surface area contributed by atoms with Gasteiger partial charge in [0.05, 0.1) is 6.10 Å². The summed E-state index contributed by atoms with van der Waals surface area (Å²) in [6.07, 6.45) is 12.0. The summed E-state index contributed by atoms with van der Waals surface area (Å²) in [5.41, 5.74) is 9.12. The molecule has 1 N–H and O–H groups in total. The fourth-order valence-electron chi connectivity index (χ4n) is 11.8. The van der Waals surface area contributed by atoms with Gasteiger partial charge in [-0.1, -0.05) is 75.2 Å². The number of aliphatic hydroxyl groups excluding tert-OH is 1. The molecule has 0 bridgehead atoms. The van der Waals surface area contributed by atoms with E-state index in [2.05, 4.69) is 77.9 Å². The maximum absolute atomic E-state index is 13.0. The Morgan fingerprint density at radius 3 is 1.93 bits per heavy atom. The van der Waals surface area contributed by atoms with Crippen molar-refractivity contribution in [2.45, 2.75) is 124 Å². The van der Waals surface area contributed by atoms with Gasteiger partial charge in [-0.3, -0.25) is 4.79 Å². The maximum Gasteiger partial charge on any atom is 0.141 e. The quantitative estimate of drug-likeness (QED) is 0.345. The van der Waals surface area contributed by atoms with Gasteiger partial charge >= 0.3 is 0 Å². The lowest BCUT2D eigenvalue weighted by Crippen LogP contribution is -2.48. The molecule has 226 valence electrons. The van der Waals surface area contributed by atoms with Gasteiger partial charge in [-0.05, 0) is 140 Å². The van der Waals surface area contributed by atoms with Gasteiger partial charge in [0.15, 0.2) is 0 Å². The first-order chi connectivity index (χ1) is 20.0. The summed E-state index contributed by atoms with van der Waals surface area (Å²) in [4.78, 5) is 13.0. The molecule has 6 unspecified atom stereocenters. The lowest BCUT2D eigenvalue weighted by Gasteiger charge is -2.52. The highest BCUT2D eigenvalue weighted by atomic mass is 16.3. The highest BCUT2D eigenvalue weighted by molar-refractivity contribution is 5.88. The van der Waals surface area contributed by atoms with Gasteiger partial charge < -0.3 is 5.11 Å². The smallest absolute Gasteiger partial charge is 0.141 e. The highest BCUT2D eigenvalue weighted by Crippen LogP contribution is 2.63. The number of benzene rings is 2. The second-order valence-electron chi connectivity index (χ2n) is 16.4. The number of aliphatic hydroxyl groups is 1. The molecule has 4 fully saturated rings. The molecule has 0 radical (unpaired) electrons. The Kier molecular flexibility index (Phi) is 7.08. The highest BCUT2D eigenvalue weighted by Gasteiger charge is 2.57. The average Bonchev–Trinajstić information content (AvgIpc) is 3.42. The predicted octanol–water partition coefficient (Wildman–Crippen LogP) is 9.12. The van der Waals surface area contributed by atoms with Crippen molar-refractivity contribution in [1.29, 1.82) is 0 Å². The first-order valence-electron chi connectivity index (χ1n) is 17.4. The SMILES string of the molecule is Cc1ccc2c(c1)CCC1C2C(=O)C[C@@]2(C)C1CC[C@@H]2C.Cc1ccc2c(c1)CCC1C2[C@H](O)C[C@@]2(C)C1CC[C@@H]2C. The Morgan fingerprint density at radius 1 is 0.714 bits per heavy atom. The van der Waals surface area contributed by atoms with E-state index in [1.165, 1.54) is 84.7 Å². The second kappa shape index (κ2) is 10.3. The third-order valence-corrected chi connectivity index (χ3v) is 14.4. The van der Waals surface area contributed by atoms with E-state index in [1.807, 2.05) is 0 Å². The molecule has 0 amide bonds. The number of aryl methyl sites for hydroxylation is 4. The molecular weight excluding hydrogens is 512 g/mol. The Morgan fingerprint density at radius 2 is 1.26 bits per heavy atom. The third kappa shape index (κ3) is 4.32. The number of Topliss-reactive ketones (excluding diaryl/α,β-unsaturated/α-hetero) is 1. The maximum atomic E-state index is 13.0. The number of fused-ring (bicyclic) bond motifs is 10. The summed E-state index contributed by atoms with van der Waals surface area (Å²) in [5.74, 6) is 5.53. The van der Waals surface area contributed by atoms with E-state index in [0.717, 1.165) is 30.6 Å². The lowest BCUT2D eigenvalue weighted by atomic mass is 9.53. The summed E-state index contributed by atoms with van der Waals surface area (Å²) in [6, 6.07) is 13.7. The molecule has 0 saturated heterocycles. The van der Waals surface area contributed by atoms with E-state index < -0.39 is 0 Å². The van der Waals surface area contributed by atoms with Crippen LogP contribution in [0, 0.1) is 60.2 Å². The zero-order valence-corrected chi connectivity index (χ0v) is 27.1. The molecule has 6 aliphatic rings. The van der Waals surface area contributed by atoms with Gasteiger partial charge in [0.2, 0.25) is 0 Å². The van der Waals surface area contributed by atoms with Crippen molar-refractivity contribution in [3.8, 4) is 0 Å². The van der Waals surface area contributed by atoms with Crippen molar-refractivity contribution in [3.63, 3.8) is 0 Å². The van der Waals surface area contributed by atoms with E-state index in [0.29, 0.717) is 34.9 Å². The molecule has 0 aliphatic heterocycles. The third-order valence-electron chi connectivity index (χ3n) is 14.4. The van der Waals surface area contributed by atoms with Crippen LogP contribution in [-0.4, -0.2) is 17.0 Å². The molecule has 0 spiro atoms. The first kappa shape index (κ1) is 28.8. The molecule has 2 aromatic rings. The lowest BCUT2D eigenvalue weighted by molar-refractivity contribution is -0.131. The number of carbonyl (C=O) groups excluding carboxylic acids is 1. The number of ketones is 1. The number of carbonyl (C=O) groups is 1. The number of hydrogen-bond donors (Lipinski definition) is 1. The van der Waals surface area contributed by atoms with Gasteiger partial charge in [0.1, 0.15) is 5.78 Å². The minimum Gasteiger partial charge on any atom is -0.392 e. The standard InChI is InChI=1S/C20H28O.C20H26O/c2*1-12-4-7-15-14(10-12)6-8-16-17-9-5-13(2)20(17,3)11-18(21)19(15)16/h4,7,10,13,16-19,21H,5-6,8-9,11H2,1-3H3;4,7,10,13,16-17,19H,5-6,8-9,11H2,1-3H3/t13-,16?,17?,18+,19?,20+;13-,16?,17?,19?,20+/m00/s1. The molecular formula is C40H54O2. The van der Waals surface area contributed by atoms with Crippen LogP contribution < -0.4 is 0 Å². The van der Waals surface area contributed by atoms with Crippen LogP contribution in [0.25, 0.3) is 0 Å². The normalized spacial score (nSPS) is 43.1. The first-order valence-corrected chi connectivity index (χ1v) is 17.4. The van der Waals surface area contributed by atoms with Crippen LogP contribution in [0.2, 0.25) is 0 Å². The van der Waals surface area contributed by atoms with Crippen LogP contribution in [0.3, 0.4) is 0 Å². The van der Waals surface area contributed by atoms with Crippen molar-refractivity contribution < 1.29 is 9.90 Å². The molecule has 8 rings (SSSR count). The minimum absolute atomic E-state index is 0.140. The van der Waals surface area contributed by atoms with Crippen molar-refractivity contribution >= 4 is 5.78 Å². The molecule has 2 heteroatoms. The topological polar surface area (TPSA) is 37.3 Å². The summed E-state index contributed by atoms with van der Waals surface area (Å²) in [6.45, 7) is 14.0. The van der Waals surface area contributed by atoms with E-state index in [9.17, 15) is 9.90 Å². The van der Waals surface area contributed by atoms with Crippen molar-refractivity contribution in [3.05, 3.63) is 69.8 Å². The zero-order chi connectivity index (χ0) is 29.6. The second-order valence-corrected chi connectivity index (χ2v) is 16.4. The average molecular weight is 567 g/mol. The van der Waals surface area contributed by atoms with Crippen molar-refractivity contribution in [2.24, 2.45) is 46.3 Å². The van der Waals surface area contributed by atoms with E-state index in [1.54, 1.807) is 0 Å². The van der Waals surface area contributed by atoms with Crippen molar-refractivity contribution in [1.82, 2.24) is 0 Å². The van der Waals surface area contributed by atoms with Crippen LogP contribution in [-0.2, 0) is 17.6 Å². The van der Waals surface area contributed by atoms with Crippen LogP contribution in [0.5, 0.6) is 0 Å². The van der Waals surface area contributed by atoms with Gasteiger partial charge in [0, 0.05) is 18.3 Å².